The second kappa shape index (κ2) is 5.34. The fourth-order valence-electron chi connectivity index (χ4n) is 2.40. The summed E-state index contributed by atoms with van der Waals surface area (Å²) in [5, 5.41) is 0. The first-order valence-corrected chi connectivity index (χ1v) is 6.54. The Morgan fingerprint density at radius 1 is 1.33 bits per heavy atom. The van der Waals surface area contributed by atoms with Crippen molar-refractivity contribution in [1.82, 2.24) is 0 Å². The van der Waals surface area contributed by atoms with E-state index in [2.05, 4.69) is 0 Å². The molecule has 1 aliphatic rings. The van der Waals surface area contributed by atoms with E-state index in [1.165, 1.54) is 5.56 Å². The van der Waals surface area contributed by atoms with Crippen molar-refractivity contribution in [3.8, 4) is 0 Å². The van der Waals surface area contributed by atoms with Crippen LogP contribution in [0.25, 0.3) is 0 Å². The maximum Gasteiger partial charge on any atom is 0.237 e. The second-order valence-electron chi connectivity index (χ2n) is 4.84. The molecule has 3 nitrogen and oxygen atoms in total. The maximum atomic E-state index is 12.3. The fraction of sp³-hybridized carbons (Fsp3) is 0.467. The number of hydrogen-bond donors (Lipinski definition) is 0. The van der Waals surface area contributed by atoms with Gasteiger partial charge in [0.1, 0.15) is 5.78 Å². The zero-order chi connectivity index (χ0) is 13.1. The normalized spacial score (nSPS) is 20.0. The predicted molar refractivity (Wildman–Crippen MR) is 71.6 cm³/mol. The molecular formula is C15H19NO2. The van der Waals surface area contributed by atoms with Gasteiger partial charge in [0, 0.05) is 18.7 Å². The molecule has 0 radical (unpaired) electrons. The number of carbonyl (C=O) groups is 2. The highest BCUT2D eigenvalue weighted by Crippen LogP contribution is 2.25. The van der Waals surface area contributed by atoms with Gasteiger partial charge in [0.2, 0.25) is 5.91 Å². The van der Waals surface area contributed by atoms with Crippen LogP contribution in [-0.4, -0.2) is 18.2 Å². The van der Waals surface area contributed by atoms with E-state index in [-0.39, 0.29) is 11.7 Å². The van der Waals surface area contributed by atoms with Crippen LogP contribution in [0.3, 0.4) is 0 Å². The van der Waals surface area contributed by atoms with Crippen molar-refractivity contribution in [2.75, 3.05) is 11.4 Å². The molecule has 1 fully saturated rings. The van der Waals surface area contributed by atoms with Crippen LogP contribution in [-0.2, 0) is 9.59 Å². The quantitative estimate of drug-likeness (QED) is 0.768. The molecule has 1 aliphatic heterocycles. The van der Waals surface area contributed by atoms with Gasteiger partial charge in [-0.25, -0.2) is 0 Å². The van der Waals surface area contributed by atoms with Gasteiger partial charge in [-0.05, 0) is 31.9 Å². The summed E-state index contributed by atoms with van der Waals surface area (Å²) in [5.74, 6) is -0.390. The Hall–Kier alpha value is -1.64. The molecule has 1 saturated heterocycles. The predicted octanol–water partition coefficient (Wildman–Crippen LogP) is 2.72. The summed E-state index contributed by atoms with van der Waals surface area (Å²) in [6.07, 6.45) is 2.04. The second-order valence-corrected chi connectivity index (χ2v) is 4.84. The van der Waals surface area contributed by atoms with Crippen LogP contribution in [0.4, 0.5) is 5.69 Å². The van der Waals surface area contributed by atoms with Gasteiger partial charge in [-0.15, -0.1) is 0 Å². The van der Waals surface area contributed by atoms with Gasteiger partial charge in [-0.3, -0.25) is 9.59 Å². The number of anilines is 1. The van der Waals surface area contributed by atoms with E-state index in [0.29, 0.717) is 12.8 Å². The summed E-state index contributed by atoms with van der Waals surface area (Å²) >= 11 is 0. The van der Waals surface area contributed by atoms with Crippen LogP contribution in [0, 0.1) is 12.8 Å². The van der Waals surface area contributed by atoms with Crippen molar-refractivity contribution in [3.63, 3.8) is 0 Å². The van der Waals surface area contributed by atoms with Gasteiger partial charge in [0.25, 0.3) is 0 Å². The van der Waals surface area contributed by atoms with Gasteiger partial charge >= 0.3 is 0 Å². The number of benzene rings is 1. The molecule has 18 heavy (non-hydrogen) atoms. The van der Waals surface area contributed by atoms with Crippen LogP contribution in [0.15, 0.2) is 24.3 Å². The molecule has 1 aromatic carbocycles. The Morgan fingerprint density at radius 3 is 2.61 bits per heavy atom. The van der Waals surface area contributed by atoms with Crippen molar-refractivity contribution in [3.05, 3.63) is 29.8 Å². The third-order valence-electron chi connectivity index (χ3n) is 3.52. The number of nitrogens with zero attached hydrogens (tertiary/aromatic N) is 1. The highest BCUT2D eigenvalue weighted by Gasteiger charge is 2.33. The summed E-state index contributed by atoms with van der Waals surface area (Å²) in [6.45, 7) is 4.56. The number of carbonyl (C=O) groups excluding carboxylic acids is 2. The summed E-state index contributed by atoms with van der Waals surface area (Å²) in [7, 11) is 0. The molecule has 0 bridgehead atoms. The van der Waals surface area contributed by atoms with Gasteiger partial charge < -0.3 is 4.90 Å². The van der Waals surface area contributed by atoms with Crippen molar-refractivity contribution in [2.45, 2.75) is 33.1 Å². The molecule has 0 aliphatic carbocycles. The van der Waals surface area contributed by atoms with E-state index in [0.717, 1.165) is 18.7 Å². The highest BCUT2D eigenvalue weighted by atomic mass is 16.2. The summed E-state index contributed by atoms with van der Waals surface area (Å²) < 4.78 is 0. The Balaban J connectivity index is 2.21. The van der Waals surface area contributed by atoms with Crippen molar-refractivity contribution in [2.24, 2.45) is 5.92 Å². The first-order valence-electron chi connectivity index (χ1n) is 6.54. The Kier molecular flexibility index (Phi) is 3.80. The first kappa shape index (κ1) is 12.8. The van der Waals surface area contributed by atoms with Gasteiger partial charge in [-0.1, -0.05) is 24.6 Å². The van der Waals surface area contributed by atoms with E-state index in [1.54, 1.807) is 4.90 Å². The van der Waals surface area contributed by atoms with Gasteiger partial charge in [0.05, 0.1) is 5.92 Å². The molecule has 1 atom stereocenters. The zero-order valence-electron chi connectivity index (χ0n) is 11.0. The Bertz CT molecular complexity index is 450. The molecule has 0 spiro atoms. The smallest absolute Gasteiger partial charge is 0.237 e. The van der Waals surface area contributed by atoms with Crippen LogP contribution >= 0.6 is 0 Å². The molecule has 2 rings (SSSR count). The van der Waals surface area contributed by atoms with Crippen molar-refractivity contribution < 1.29 is 9.59 Å². The molecule has 0 aromatic heterocycles. The first-order chi connectivity index (χ1) is 8.63. The lowest BCUT2D eigenvalue weighted by molar-refractivity contribution is -0.133. The van der Waals surface area contributed by atoms with Crippen molar-refractivity contribution >= 4 is 17.4 Å². The molecule has 1 amide bonds. The van der Waals surface area contributed by atoms with Crippen LogP contribution in [0.5, 0.6) is 0 Å². The lowest BCUT2D eigenvalue weighted by Crippen LogP contribution is -2.44. The average Bonchev–Trinajstić information content (AvgIpc) is 2.39. The number of hydrogen-bond acceptors (Lipinski definition) is 2. The molecule has 1 heterocycles. The van der Waals surface area contributed by atoms with Gasteiger partial charge in [0.15, 0.2) is 0 Å². The monoisotopic (exact) mass is 245 g/mol. The molecular weight excluding hydrogens is 226 g/mol. The number of ketones is 1. The average molecular weight is 245 g/mol. The third kappa shape index (κ3) is 2.45. The minimum absolute atomic E-state index is 0.0306. The van der Waals surface area contributed by atoms with Crippen molar-refractivity contribution in [1.29, 1.82) is 0 Å². The highest BCUT2D eigenvalue weighted by molar-refractivity contribution is 6.08. The minimum atomic E-state index is -0.426. The zero-order valence-corrected chi connectivity index (χ0v) is 11.0. The molecule has 1 aromatic rings. The number of piperidine rings is 1. The standard InChI is InChI=1S/C15H19NO2/c1-3-14(17)13-5-4-10-16(15(13)18)12-8-6-11(2)7-9-12/h6-9,13H,3-5,10H2,1-2H3/t13-/m0/s1. The maximum absolute atomic E-state index is 12.3. The number of aryl methyl sites for hydroxylation is 1. The number of rotatable bonds is 3. The lowest BCUT2D eigenvalue weighted by Gasteiger charge is -2.31. The Labute approximate surface area is 108 Å². The summed E-state index contributed by atoms with van der Waals surface area (Å²) in [4.78, 5) is 25.8. The lowest BCUT2D eigenvalue weighted by atomic mass is 9.91. The van der Waals surface area contributed by atoms with E-state index < -0.39 is 5.92 Å². The minimum Gasteiger partial charge on any atom is -0.312 e. The summed E-state index contributed by atoms with van der Waals surface area (Å²) in [5.41, 5.74) is 2.07. The number of Topliss-reactive ketones (excluding diaryl/α,β-unsaturated/α-hetero) is 1. The SMILES string of the molecule is CCC(=O)[C@@H]1CCCN(c2ccc(C)cc2)C1=O. The number of amides is 1. The van der Waals surface area contributed by atoms with Crippen LogP contribution in [0.1, 0.15) is 31.7 Å². The summed E-state index contributed by atoms with van der Waals surface area (Å²) in [6, 6.07) is 7.89. The van der Waals surface area contributed by atoms with Crippen LogP contribution in [0.2, 0.25) is 0 Å². The molecule has 0 saturated carbocycles. The van der Waals surface area contributed by atoms with E-state index in [4.69, 9.17) is 0 Å². The third-order valence-corrected chi connectivity index (χ3v) is 3.52. The molecule has 96 valence electrons. The fourth-order valence-corrected chi connectivity index (χ4v) is 2.40. The molecule has 0 N–H and O–H groups in total. The largest absolute Gasteiger partial charge is 0.312 e. The molecule has 3 heteroatoms. The van der Waals surface area contributed by atoms with E-state index in [9.17, 15) is 9.59 Å². The Morgan fingerprint density at radius 2 is 2.00 bits per heavy atom. The van der Waals surface area contributed by atoms with E-state index in [1.807, 2.05) is 38.1 Å². The van der Waals surface area contributed by atoms with Crippen LogP contribution < -0.4 is 4.90 Å². The van der Waals surface area contributed by atoms with Gasteiger partial charge in [-0.2, -0.15) is 0 Å². The van der Waals surface area contributed by atoms with E-state index >= 15 is 0 Å². The topological polar surface area (TPSA) is 37.4 Å². The molecule has 0 unspecified atom stereocenters.